The molecule has 0 radical (unpaired) electrons. The Morgan fingerprint density at radius 3 is 2.31 bits per heavy atom. The number of fused-ring (bicyclic) bond motifs is 1. The normalized spacial score (nSPS) is 14.4. The molecule has 0 atom stereocenters. The first-order valence-electron chi connectivity index (χ1n) is 10.7. The van der Waals surface area contributed by atoms with Gasteiger partial charge in [-0.2, -0.15) is 8.42 Å². The number of ether oxygens (including phenoxy) is 3. The van der Waals surface area contributed by atoms with Gasteiger partial charge in [-0.3, -0.25) is 4.90 Å². The van der Waals surface area contributed by atoms with Gasteiger partial charge < -0.3 is 18.4 Å². The minimum atomic E-state index is -3.08. The molecule has 1 aliphatic rings. The quantitative estimate of drug-likeness (QED) is 0.477. The molecule has 0 aliphatic carbocycles. The molecule has 0 unspecified atom stereocenters. The number of hydrogen-bond donors (Lipinski definition) is 1. The second-order valence-corrected chi connectivity index (χ2v) is 8.25. The van der Waals surface area contributed by atoms with Crippen LogP contribution in [0.4, 0.5) is 0 Å². The van der Waals surface area contributed by atoms with E-state index >= 15 is 0 Å². The largest absolute Gasteiger partial charge is 0.497 e. The molecule has 0 bridgehead atoms. The molecule has 32 heavy (non-hydrogen) atoms. The summed E-state index contributed by atoms with van der Waals surface area (Å²) in [6.45, 7) is 3.85. The topological polar surface area (TPSA) is 74.3 Å². The lowest BCUT2D eigenvalue weighted by Crippen LogP contribution is -2.33. The summed E-state index contributed by atoms with van der Waals surface area (Å²) < 4.78 is 44.6. The van der Waals surface area contributed by atoms with Crippen LogP contribution in [-0.4, -0.2) is 46.7 Å². The number of methoxy groups -OCH3 is 1. The van der Waals surface area contributed by atoms with Crippen molar-refractivity contribution in [3.05, 3.63) is 54.6 Å². The molecular formula is C24H27NO6S. The minimum absolute atomic E-state index is 0.126. The highest BCUT2D eigenvalue weighted by Crippen LogP contribution is 2.40. The maximum absolute atomic E-state index is 11.2. The zero-order chi connectivity index (χ0) is 22.3. The van der Waals surface area contributed by atoms with E-state index in [0.717, 1.165) is 30.8 Å². The molecule has 0 saturated carbocycles. The smallest absolute Gasteiger partial charge is 0.299 e. The Balaban J connectivity index is 1.49. The first kappa shape index (κ1) is 22.2. The molecule has 1 aliphatic heterocycles. The molecule has 7 nitrogen and oxygen atoms in total. The maximum Gasteiger partial charge on any atom is 0.299 e. The summed E-state index contributed by atoms with van der Waals surface area (Å²) in [7, 11) is -1.49. The van der Waals surface area contributed by atoms with E-state index in [2.05, 4.69) is 4.90 Å². The van der Waals surface area contributed by atoms with Gasteiger partial charge in [0.25, 0.3) is 11.0 Å². The highest BCUT2D eigenvalue weighted by molar-refractivity contribution is 7.67. The van der Waals surface area contributed by atoms with Crippen molar-refractivity contribution in [1.82, 2.24) is 4.90 Å². The van der Waals surface area contributed by atoms with Gasteiger partial charge in [0.15, 0.2) is 11.5 Å². The standard InChI is InChI=1S/C24H27NO6S/c1-28-21-10-11-22-18(17-21)5-12-23(31-32(26)27)24(22)30-20-8-6-19(7-9-20)29-16-15-25-13-3-2-4-14-25/h5-12,17,32H,2-4,13-16H2,1H3. The average Bonchev–Trinajstić information content (AvgIpc) is 2.81. The Morgan fingerprint density at radius 2 is 1.59 bits per heavy atom. The first-order valence-corrected chi connectivity index (χ1v) is 11.8. The molecular weight excluding hydrogens is 430 g/mol. The maximum atomic E-state index is 11.2. The van der Waals surface area contributed by atoms with Crippen molar-refractivity contribution in [3.63, 3.8) is 0 Å². The van der Waals surface area contributed by atoms with E-state index in [1.807, 2.05) is 24.3 Å². The summed E-state index contributed by atoms with van der Waals surface area (Å²) in [5, 5.41) is 1.55. The molecule has 0 amide bonds. The molecule has 0 N–H and O–H groups in total. The van der Waals surface area contributed by atoms with Crippen molar-refractivity contribution in [1.29, 1.82) is 0 Å². The van der Waals surface area contributed by atoms with Gasteiger partial charge >= 0.3 is 0 Å². The van der Waals surface area contributed by atoms with Gasteiger partial charge in [0, 0.05) is 11.9 Å². The summed E-state index contributed by atoms with van der Waals surface area (Å²) >= 11 is 0. The molecule has 8 heteroatoms. The van der Waals surface area contributed by atoms with Crippen LogP contribution in [0, 0.1) is 0 Å². The van der Waals surface area contributed by atoms with E-state index in [1.54, 1.807) is 37.4 Å². The Hall–Kier alpha value is -2.97. The van der Waals surface area contributed by atoms with Crippen LogP contribution in [0.5, 0.6) is 28.7 Å². The fourth-order valence-electron chi connectivity index (χ4n) is 3.84. The third-order valence-corrected chi connectivity index (χ3v) is 5.83. The van der Waals surface area contributed by atoms with Gasteiger partial charge in [0.2, 0.25) is 0 Å². The zero-order valence-corrected chi connectivity index (χ0v) is 18.9. The molecule has 170 valence electrons. The van der Waals surface area contributed by atoms with Gasteiger partial charge in [-0.05, 0) is 79.8 Å². The highest BCUT2D eigenvalue weighted by atomic mass is 32.2. The zero-order valence-electron chi connectivity index (χ0n) is 18.0. The van der Waals surface area contributed by atoms with E-state index < -0.39 is 11.0 Å². The number of piperidine rings is 1. The summed E-state index contributed by atoms with van der Waals surface area (Å²) in [5.41, 5.74) is 0. The third-order valence-electron chi connectivity index (χ3n) is 5.48. The fourth-order valence-corrected chi connectivity index (χ4v) is 4.15. The van der Waals surface area contributed by atoms with Crippen LogP contribution in [0.1, 0.15) is 19.3 Å². The third kappa shape index (κ3) is 5.63. The molecule has 0 aromatic heterocycles. The average molecular weight is 458 g/mol. The van der Waals surface area contributed by atoms with Crippen LogP contribution in [0.25, 0.3) is 10.8 Å². The lowest BCUT2D eigenvalue weighted by Gasteiger charge is -2.26. The summed E-state index contributed by atoms with van der Waals surface area (Å²) in [5.74, 6) is 2.45. The summed E-state index contributed by atoms with van der Waals surface area (Å²) in [6.07, 6.45) is 3.85. The van der Waals surface area contributed by atoms with Crippen LogP contribution in [0.3, 0.4) is 0 Å². The van der Waals surface area contributed by atoms with E-state index in [1.165, 1.54) is 19.3 Å². The lowest BCUT2D eigenvalue weighted by molar-refractivity contribution is 0.183. The SMILES string of the molecule is COc1ccc2c(Oc3ccc(OCCN4CCCCC4)cc3)c(O[SH](=O)=O)ccc2c1. The van der Waals surface area contributed by atoms with Gasteiger partial charge in [-0.25, -0.2) is 0 Å². The van der Waals surface area contributed by atoms with Crippen molar-refractivity contribution >= 4 is 21.8 Å². The number of likely N-dealkylation sites (tertiary alicyclic amines) is 1. The number of rotatable bonds is 9. The Bertz CT molecular complexity index is 1120. The first-order chi connectivity index (χ1) is 15.6. The number of hydrogen-bond acceptors (Lipinski definition) is 7. The van der Waals surface area contributed by atoms with Gasteiger partial charge in [0.05, 0.1) is 7.11 Å². The van der Waals surface area contributed by atoms with E-state index in [-0.39, 0.29) is 5.75 Å². The second-order valence-electron chi connectivity index (χ2n) is 7.62. The molecule has 3 aromatic rings. The van der Waals surface area contributed by atoms with Gasteiger partial charge in [-0.15, -0.1) is 0 Å². The second kappa shape index (κ2) is 10.6. The van der Waals surface area contributed by atoms with Crippen molar-refractivity contribution in [2.24, 2.45) is 0 Å². The lowest BCUT2D eigenvalue weighted by atomic mass is 10.1. The van der Waals surface area contributed by atoms with Crippen molar-refractivity contribution < 1.29 is 26.8 Å². The van der Waals surface area contributed by atoms with Crippen molar-refractivity contribution in [2.75, 3.05) is 33.4 Å². The molecule has 1 fully saturated rings. The Morgan fingerprint density at radius 1 is 0.875 bits per heavy atom. The molecule has 1 heterocycles. The molecule has 1 saturated heterocycles. The Kier molecular flexibility index (Phi) is 7.34. The monoisotopic (exact) mass is 457 g/mol. The van der Waals surface area contributed by atoms with E-state index in [4.69, 9.17) is 18.4 Å². The van der Waals surface area contributed by atoms with Crippen LogP contribution >= 0.6 is 0 Å². The predicted octanol–water partition coefficient (Wildman–Crippen LogP) is 4.41. The van der Waals surface area contributed by atoms with E-state index in [0.29, 0.717) is 29.2 Å². The van der Waals surface area contributed by atoms with Gasteiger partial charge in [0.1, 0.15) is 23.9 Å². The minimum Gasteiger partial charge on any atom is -0.497 e. The van der Waals surface area contributed by atoms with Crippen molar-refractivity contribution in [3.8, 4) is 28.7 Å². The van der Waals surface area contributed by atoms with Gasteiger partial charge in [-0.1, -0.05) is 12.5 Å². The van der Waals surface area contributed by atoms with Crippen LogP contribution in [0.2, 0.25) is 0 Å². The predicted molar refractivity (Wildman–Crippen MR) is 124 cm³/mol. The summed E-state index contributed by atoms with van der Waals surface area (Å²) in [4.78, 5) is 2.43. The van der Waals surface area contributed by atoms with Crippen molar-refractivity contribution in [2.45, 2.75) is 19.3 Å². The van der Waals surface area contributed by atoms with E-state index in [9.17, 15) is 8.42 Å². The van der Waals surface area contributed by atoms with Crippen LogP contribution in [-0.2, 0) is 11.0 Å². The number of benzene rings is 3. The number of nitrogens with zero attached hydrogens (tertiary/aromatic N) is 1. The van der Waals surface area contributed by atoms with Crippen LogP contribution < -0.4 is 18.4 Å². The molecule has 3 aromatic carbocycles. The fraction of sp³-hybridized carbons (Fsp3) is 0.333. The molecule has 4 rings (SSSR count). The Labute approximate surface area is 189 Å². The summed E-state index contributed by atoms with van der Waals surface area (Å²) in [6, 6.07) is 16.0. The molecule has 0 spiro atoms. The highest BCUT2D eigenvalue weighted by Gasteiger charge is 2.14. The number of thiol groups is 1. The van der Waals surface area contributed by atoms with Crippen LogP contribution in [0.15, 0.2) is 54.6 Å².